The minimum atomic E-state index is 0.691. The zero-order chi connectivity index (χ0) is 9.10. The minimum absolute atomic E-state index is 0.691. The summed E-state index contributed by atoms with van der Waals surface area (Å²) < 4.78 is 5.28. The van der Waals surface area contributed by atoms with E-state index in [9.17, 15) is 0 Å². The summed E-state index contributed by atoms with van der Waals surface area (Å²) in [5.41, 5.74) is 0.916. The SMILES string of the molecule is C=C1CSC(=Nc2ccccc2)O1. The van der Waals surface area contributed by atoms with Gasteiger partial charge >= 0.3 is 0 Å². The van der Waals surface area contributed by atoms with Gasteiger partial charge in [-0.05, 0) is 12.1 Å². The smallest absolute Gasteiger partial charge is 0.256 e. The molecular weight excluding hydrogens is 182 g/mol. The van der Waals surface area contributed by atoms with E-state index < -0.39 is 0 Å². The molecule has 0 spiro atoms. The van der Waals surface area contributed by atoms with Gasteiger partial charge in [-0.2, -0.15) is 0 Å². The van der Waals surface area contributed by atoms with Crippen LogP contribution in [-0.4, -0.2) is 11.0 Å². The molecule has 66 valence electrons. The second-order valence-corrected chi connectivity index (χ2v) is 3.57. The van der Waals surface area contributed by atoms with Crippen molar-refractivity contribution >= 4 is 22.7 Å². The van der Waals surface area contributed by atoms with Crippen LogP contribution in [0.3, 0.4) is 0 Å². The lowest BCUT2D eigenvalue weighted by atomic mass is 10.3. The maximum atomic E-state index is 5.28. The highest BCUT2D eigenvalue weighted by Gasteiger charge is 2.14. The van der Waals surface area contributed by atoms with E-state index in [1.807, 2.05) is 30.3 Å². The highest BCUT2D eigenvalue weighted by atomic mass is 32.2. The molecule has 2 rings (SSSR count). The van der Waals surface area contributed by atoms with Crippen molar-refractivity contribution < 1.29 is 4.74 Å². The molecular formula is C10H9NOS. The molecule has 1 fully saturated rings. The number of thioether (sulfide) groups is 1. The Balaban J connectivity index is 2.17. The molecule has 0 amide bonds. The second-order valence-electron chi connectivity index (χ2n) is 2.64. The summed E-state index contributed by atoms with van der Waals surface area (Å²) >= 11 is 1.57. The average molecular weight is 191 g/mol. The Kier molecular flexibility index (Phi) is 2.36. The molecule has 0 atom stereocenters. The summed E-state index contributed by atoms with van der Waals surface area (Å²) in [4.78, 5) is 4.31. The van der Waals surface area contributed by atoms with Crippen LogP contribution in [0.5, 0.6) is 0 Å². The fourth-order valence-electron chi connectivity index (χ4n) is 0.988. The van der Waals surface area contributed by atoms with Gasteiger partial charge in [-0.15, -0.1) is 0 Å². The third-order valence-electron chi connectivity index (χ3n) is 1.56. The third-order valence-corrected chi connectivity index (χ3v) is 2.45. The maximum Gasteiger partial charge on any atom is 0.256 e. The van der Waals surface area contributed by atoms with Gasteiger partial charge in [0.15, 0.2) is 0 Å². The second kappa shape index (κ2) is 3.66. The molecule has 0 bridgehead atoms. The standard InChI is InChI=1S/C10H9NOS/c1-8-7-13-10(12-8)11-9-5-3-2-4-6-9/h2-6H,1,7H2. The van der Waals surface area contributed by atoms with E-state index >= 15 is 0 Å². The molecule has 0 saturated carbocycles. The summed E-state index contributed by atoms with van der Waals surface area (Å²) in [6.07, 6.45) is 0. The van der Waals surface area contributed by atoms with Crippen molar-refractivity contribution in [3.63, 3.8) is 0 Å². The monoisotopic (exact) mass is 191 g/mol. The van der Waals surface area contributed by atoms with Crippen LogP contribution in [0.2, 0.25) is 0 Å². The lowest BCUT2D eigenvalue weighted by Gasteiger charge is -1.95. The van der Waals surface area contributed by atoms with Gasteiger partial charge in [-0.1, -0.05) is 36.5 Å². The van der Waals surface area contributed by atoms with Gasteiger partial charge in [0.2, 0.25) is 0 Å². The Morgan fingerprint density at radius 3 is 2.69 bits per heavy atom. The Bertz CT molecular complexity index is 345. The molecule has 0 unspecified atom stereocenters. The number of ether oxygens (including phenoxy) is 1. The Hall–Kier alpha value is -1.22. The Labute approximate surface area is 81.3 Å². The fourth-order valence-corrected chi connectivity index (χ4v) is 1.68. The number of aliphatic imine (C=N–C) groups is 1. The average Bonchev–Trinajstić information content (AvgIpc) is 2.53. The van der Waals surface area contributed by atoms with Crippen molar-refractivity contribution in [3.8, 4) is 0 Å². The van der Waals surface area contributed by atoms with Crippen LogP contribution in [0.4, 0.5) is 5.69 Å². The number of para-hydroxylation sites is 1. The topological polar surface area (TPSA) is 21.6 Å². The van der Waals surface area contributed by atoms with Gasteiger partial charge < -0.3 is 4.74 Å². The summed E-state index contributed by atoms with van der Waals surface area (Å²) in [6, 6.07) is 9.75. The molecule has 2 nitrogen and oxygen atoms in total. The molecule has 0 aliphatic carbocycles. The molecule has 0 N–H and O–H groups in total. The Morgan fingerprint density at radius 1 is 1.31 bits per heavy atom. The summed E-state index contributed by atoms with van der Waals surface area (Å²) in [7, 11) is 0. The largest absolute Gasteiger partial charge is 0.438 e. The summed E-state index contributed by atoms with van der Waals surface area (Å²) in [5.74, 6) is 1.59. The predicted octanol–water partition coefficient (Wildman–Crippen LogP) is 2.95. The molecule has 3 heteroatoms. The Morgan fingerprint density at radius 2 is 2.08 bits per heavy atom. The van der Waals surface area contributed by atoms with Gasteiger partial charge in [0.1, 0.15) is 5.76 Å². The van der Waals surface area contributed by atoms with E-state index in [-0.39, 0.29) is 0 Å². The number of nitrogens with zero attached hydrogens (tertiary/aromatic N) is 1. The molecule has 0 aromatic heterocycles. The van der Waals surface area contributed by atoms with Crippen LogP contribution in [0, 0.1) is 0 Å². The van der Waals surface area contributed by atoms with Crippen molar-refractivity contribution in [2.75, 3.05) is 5.75 Å². The zero-order valence-electron chi connectivity index (χ0n) is 7.06. The maximum absolute atomic E-state index is 5.28. The van der Waals surface area contributed by atoms with Crippen molar-refractivity contribution in [2.24, 2.45) is 4.99 Å². The quantitative estimate of drug-likeness (QED) is 0.680. The van der Waals surface area contributed by atoms with Gasteiger partial charge in [0.05, 0.1) is 11.4 Å². The van der Waals surface area contributed by atoms with Crippen LogP contribution >= 0.6 is 11.8 Å². The molecule has 13 heavy (non-hydrogen) atoms. The van der Waals surface area contributed by atoms with E-state index in [1.54, 1.807) is 11.8 Å². The fraction of sp³-hybridized carbons (Fsp3) is 0.100. The van der Waals surface area contributed by atoms with E-state index in [0.717, 1.165) is 17.2 Å². The van der Waals surface area contributed by atoms with Gasteiger partial charge in [0, 0.05) is 0 Å². The van der Waals surface area contributed by atoms with Gasteiger partial charge in [-0.25, -0.2) is 4.99 Å². The van der Waals surface area contributed by atoms with E-state index in [4.69, 9.17) is 4.74 Å². The van der Waals surface area contributed by atoms with Crippen molar-refractivity contribution in [1.29, 1.82) is 0 Å². The summed E-state index contributed by atoms with van der Waals surface area (Å²) in [6.45, 7) is 3.72. The highest BCUT2D eigenvalue weighted by Crippen LogP contribution is 2.24. The molecule has 1 aromatic rings. The number of rotatable bonds is 1. The minimum Gasteiger partial charge on any atom is -0.438 e. The normalized spacial score (nSPS) is 19.1. The van der Waals surface area contributed by atoms with Crippen molar-refractivity contribution in [3.05, 3.63) is 42.7 Å². The zero-order valence-corrected chi connectivity index (χ0v) is 7.88. The third kappa shape index (κ3) is 2.12. The molecule has 1 aromatic carbocycles. The van der Waals surface area contributed by atoms with Crippen LogP contribution in [0.25, 0.3) is 0 Å². The molecule has 0 radical (unpaired) electrons. The van der Waals surface area contributed by atoms with Gasteiger partial charge in [0.25, 0.3) is 5.23 Å². The molecule has 1 aliphatic heterocycles. The first-order chi connectivity index (χ1) is 6.34. The first kappa shape index (κ1) is 8.38. The van der Waals surface area contributed by atoms with Crippen LogP contribution < -0.4 is 0 Å². The van der Waals surface area contributed by atoms with Crippen LogP contribution in [0.1, 0.15) is 0 Å². The number of hydrogen-bond acceptors (Lipinski definition) is 3. The lowest BCUT2D eigenvalue weighted by Crippen LogP contribution is -1.86. The molecule has 1 heterocycles. The van der Waals surface area contributed by atoms with Crippen molar-refractivity contribution in [2.45, 2.75) is 0 Å². The van der Waals surface area contributed by atoms with Gasteiger partial charge in [-0.3, -0.25) is 0 Å². The number of hydrogen-bond donors (Lipinski definition) is 0. The molecule has 1 saturated heterocycles. The first-order valence-electron chi connectivity index (χ1n) is 3.97. The van der Waals surface area contributed by atoms with E-state index in [0.29, 0.717) is 5.23 Å². The first-order valence-corrected chi connectivity index (χ1v) is 4.95. The predicted molar refractivity (Wildman–Crippen MR) is 56.2 cm³/mol. The van der Waals surface area contributed by atoms with Crippen LogP contribution in [0.15, 0.2) is 47.7 Å². The van der Waals surface area contributed by atoms with E-state index in [2.05, 4.69) is 11.6 Å². The lowest BCUT2D eigenvalue weighted by molar-refractivity contribution is 0.446. The summed E-state index contributed by atoms with van der Waals surface area (Å²) in [5, 5.41) is 0.691. The van der Waals surface area contributed by atoms with Crippen LogP contribution in [-0.2, 0) is 4.74 Å². The van der Waals surface area contributed by atoms with Crippen molar-refractivity contribution in [1.82, 2.24) is 0 Å². The molecule has 1 aliphatic rings. The highest BCUT2D eigenvalue weighted by molar-refractivity contribution is 8.14. The van der Waals surface area contributed by atoms with E-state index in [1.165, 1.54) is 0 Å². The number of benzene rings is 1.